The summed E-state index contributed by atoms with van der Waals surface area (Å²) in [6.07, 6.45) is 0. The summed E-state index contributed by atoms with van der Waals surface area (Å²) in [7, 11) is 1.54. The zero-order valence-electron chi connectivity index (χ0n) is 17.7. The van der Waals surface area contributed by atoms with Crippen LogP contribution in [0.2, 0.25) is 0 Å². The van der Waals surface area contributed by atoms with Crippen molar-refractivity contribution in [2.75, 3.05) is 51.9 Å². The van der Waals surface area contributed by atoms with Crippen molar-refractivity contribution in [2.24, 2.45) is 0 Å². The maximum absolute atomic E-state index is 12.8. The number of methoxy groups -OCH3 is 1. The molecular formula is C22H29N3O5. The largest absolute Gasteiger partial charge is 0.460 e. The van der Waals surface area contributed by atoms with E-state index in [1.165, 1.54) is 0 Å². The van der Waals surface area contributed by atoms with Crippen LogP contribution in [-0.2, 0) is 20.8 Å². The number of amides is 1. The Labute approximate surface area is 176 Å². The van der Waals surface area contributed by atoms with E-state index in [-0.39, 0.29) is 12.5 Å². The molecule has 1 aromatic heterocycles. The lowest BCUT2D eigenvalue weighted by Gasteiger charge is -2.26. The monoisotopic (exact) mass is 415 g/mol. The number of rotatable bonds is 8. The molecule has 0 bridgehead atoms. The Balaban J connectivity index is 1.68. The van der Waals surface area contributed by atoms with Crippen molar-refractivity contribution in [3.63, 3.8) is 0 Å². The second kappa shape index (κ2) is 10.4. The predicted molar refractivity (Wildman–Crippen MR) is 113 cm³/mol. The van der Waals surface area contributed by atoms with E-state index in [4.69, 9.17) is 14.2 Å². The van der Waals surface area contributed by atoms with E-state index < -0.39 is 5.97 Å². The summed E-state index contributed by atoms with van der Waals surface area (Å²) in [5, 5.41) is 2.92. The van der Waals surface area contributed by atoms with E-state index in [0.29, 0.717) is 34.8 Å². The Kier molecular flexibility index (Phi) is 7.62. The van der Waals surface area contributed by atoms with Gasteiger partial charge in [0.05, 0.1) is 25.4 Å². The molecular weight excluding hydrogens is 386 g/mol. The number of carbonyl (C=O) groups is 2. The van der Waals surface area contributed by atoms with Crippen LogP contribution in [0.4, 0.5) is 5.69 Å². The van der Waals surface area contributed by atoms with Gasteiger partial charge in [0.25, 0.3) is 5.91 Å². The summed E-state index contributed by atoms with van der Waals surface area (Å²) in [5.41, 5.74) is 3.73. The molecule has 1 fully saturated rings. The third-order valence-corrected chi connectivity index (χ3v) is 5.08. The highest BCUT2D eigenvalue weighted by molar-refractivity contribution is 6.06. The molecule has 0 spiro atoms. The Morgan fingerprint density at radius 2 is 1.97 bits per heavy atom. The Morgan fingerprint density at radius 1 is 1.20 bits per heavy atom. The number of aryl methyl sites for hydroxylation is 1. The van der Waals surface area contributed by atoms with Crippen molar-refractivity contribution in [2.45, 2.75) is 20.4 Å². The Hall–Kier alpha value is -2.68. The van der Waals surface area contributed by atoms with Gasteiger partial charge in [-0.15, -0.1) is 0 Å². The smallest absolute Gasteiger partial charge is 0.340 e. The lowest BCUT2D eigenvalue weighted by Crippen LogP contribution is -2.35. The summed E-state index contributed by atoms with van der Waals surface area (Å²) >= 11 is 0. The normalized spacial score (nSPS) is 14.5. The minimum absolute atomic E-state index is 0.164. The standard InChI is InChI=1S/C22H29N3O5/c1-15-19(22(27)30-12-11-28-3)16(2)23-20(15)21(26)24-18-6-4-5-17(13-18)14-25-7-9-29-10-8-25/h4-6,13,23H,7-12,14H2,1-3H3,(H,24,26). The van der Waals surface area contributed by atoms with Gasteiger partial charge in [0.2, 0.25) is 0 Å². The number of H-pyrrole nitrogens is 1. The van der Waals surface area contributed by atoms with Gasteiger partial charge in [0.15, 0.2) is 0 Å². The number of benzene rings is 1. The van der Waals surface area contributed by atoms with E-state index in [2.05, 4.69) is 15.2 Å². The second-order valence-electron chi connectivity index (χ2n) is 7.30. The molecule has 1 aliphatic heterocycles. The van der Waals surface area contributed by atoms with Crippen molar-refractivity contribution >= 4 is 17.6 Å². The van der Waals surface area contributed by atoms with E-state index in [1.54, 1.807) is 21.0 Å². The van der Waals surface area contributed by atoms with Crippen LogP contribution in [-0.4, -0.2) is 68.4 Å². The van der Waals surface area contributed by atoms with Crippen molar-refractivity contribution in [3.05, 3.63) is 52.3 Å². The molecule has 2 N–H and O–H groups in total. The van der Waals surface area contributed by atoms with Crippen LogP contribution in [0.5, 0.6) is 0 Å². The van der Waals surface area contributed by atoms with E-state index in [9.17, 15) is 9.59 Å². The number of aromatic amines is 1. The Bertz CT molecular complexity index is 887. The maximum atomic E-state index is 12.8. The highest BCUT2D eigenvalue weighted by Crippen LogP contribution is 2.21. The summed E-state index contributed by atoms with van der Waals surface area (Å²) in [6.45, 7) is 8.09. The first kappa shape index (κ1) is 22.0. The zero-order valence-corrected chi connectivity index (χ0v) is 17.7. The quantitative estimate of drug-likeness (QED) is 0.508. The number of nitrogens with zero attached hydrogens (tertiary/aromatic N) is 1. The first-order valence-corrected chi connectivity index (χ1v) is 10.0. The molecule has 30 heavy (non-hydrogen) atoms. The number of morpholine rings is 1. The van der Waals surface area contributed by atoms with Crippen molar-refractivity contribution in [1.82, 2.24) is 9.88 Å². The van der Waals surface area contributed by atoms with Gasteiger partial charge < -0.3 is 24.5 Å². The molecule has 0 saturated carbocycles. The number of anilines is 1. The maximum Gasteiger partial charge on any atom is 0.340 e. The van der Waals surface area contributed by atoms with E-state index in [0.717, 1.165) is 38.4 Å². The fourth-order valence-corrected chi connectivity index (χ4v) is 3.53. The van der Waals surface area contributed by atoms with Gasteiger partial charge >= 0.3 is 5.97 Å². The molecule has 8 nitrogen and oxygen atoms in total. The summed E-state index contributed by atoms with van der Waals surface area (Å²) in [5.74, 6) is -0.764. The van der Waals surface area contributed by atoms with Gasteiger partial charge in [0.1, 0.15) is 12.3 Å². The van der Waals surface area contributed by atoms with Crippen LogP contribution in [0.3, 0.4) is 0 Å². The fourth-order valence-electron chi connectivity index (χ4n) is 3.53. The topological polar surface area (TPSA) is 92.9 Å². The third-order valence-electron chi connectivity index (χ3n) is 5.08. The van der Waals surface area contributed by atoms with Gasteiger partial charge in [-0.25, -0.2) is 4.79 Å². The number of hydrogen-bond donors (Lipinski definition) is 2. The van der Waals surface area contributed by atoms with Gasteiger partial charge in [-0.1, -0.05) is 12.1 Å². The minimum atomic E-state index is -0.468. The number of ether oxygens (including phenoxy) is 3. The molecule has 2 heterocycles. The highest BCUT2D eigenvalue weighted by atomic mass is 16.6. The predicted octanol–water partition coefficient (Wildman–Crippen LogP) is 2.52. The fraction of sp³-hybridized carbons (Fsp3) is 0.455. The summed E-state index contributed by atoms with van der Waals surface area (Å²) in [6, 6.07) is 7.80. The summed E-state index contributed by atoms with van der Waals surface area (Å²) in [4.78, 5) is 30.5. The molecule has 2 aromatic rings. The minimum Gasteiger partial charge on any atom is -0.460 e. The van der Waals surface area contributed by atoms with Crippen LogP contribution in [0.25, 0.3) is 0 Å². The molecule has 1 saturated heterocycles. The number of hydrogen-bond acceptors (Lipinski definition) is 6. The first-order valence-electron chi connectivity index (χ1n) is 10.0. The van der Waals surface area contributed by atoms with Crippen LogP contribution in [0.15, 0.2) is 24.3 Å². The van der Waals surface area contributed by atoms with Crippen molar-refractivity contribution < 1.29 is 23.8 Å². The van der Waals surface area contributed by atoms with Crippen LogP contribution < -0.4 is 5.32 Å². The van der Waals surface area contributed by atoms with Gasteiger partial charge in [-0.3, -0.25) is 9.69 Å². The zero-order chi connectivity index (χ0) is 21.5. The SMILES string of the molecule is COCCOC(=O)c1c(C)[nH]c(C(=O)Nc2cccc(CN3CCOCC3)c2)c1C. The lowest BCUT2D eigenvalue weighted by atomic mass is 10.1. The number of nitrogens with one attached hydrogen (secondary N) is 2. The number of esters is 1. The molecule has 8 heteroatoms. The summed E-state index contributed by atoms with van der Waals surface area (Å²) < 4.78 is 15.5. The molecule has 0 radical (unpaired) electrons. The van der Waals surface area contributed by atoms with Gasteiger partial charge in [-0.05, 0) is 37.1 Å². The van der Waals surface area contributed by atoms with Gasteiger partial charge in [-0.2, -0.15) is 0 Å². The first-order chi connectivity index (χ1) is 14.5. The molecule has 0 aliphatic carbocycles. The van der Waals surface area contributed by atoms with Crippen LogP contribution >= 0.6 is 0 Å². The van der Waals surface area contributed by atoms with Crippen LogP contribution in [0, 0.1) is 13.8 Å². The molecule has 3 rings (SSSR count). The number of carbonyl (C=O) groups excluding carboxylic acids is 2. The van der Waals surface area contributed by atoms with Crippen molar-refractivity contribution in [3.8, 4) is 0 Å². The van der Waals surface area contributed by atoms with Crippen LogP contribution in [0.1, 0.15) is 37.7 Å². The molecule has 162 valence electrons. The third kappa shape index (κ3) is 5.47. The molecule has 1 aliphatic rings. The van der Waals surface area contributed by atoms with Gasteiger partial charge in [0, 0.05) is 38.1 Å². The highest BCUT2D eigenvalue weighted by Gasteiger charge is 2.23. The average Bonchev–Trinajstić information content (AvgIpc) is 3.03. The molecule has 1 amide bonds. The average molecular weight is 415 g/mol. The lowest BCUT2D eigenvalue weighted by molar-refractivity contribution is 0.0342. The molecule has 0 unspecified atom stereocenters. The Morgan fingerprint density at radius 3 is 2.70 bits per heavy atom. The number of aromatic nitrogens is 1. The van der Waals surface area contributed by atoms with Crippen molar-refractivity contribution in [1.29, 1.82) is 0 Å². The second-order valence-corrected chi connectivity index (χ2v) is 7.30. The van der Waals surface area contributed by atoms with E-state index >= 15 is 0 Å². The molecule has 1 aromatic carbocycles. The van der Waals surface area contributed by atoms with E-state index in [1.807, 2.05) is 24.3 Å². The molecule has 0 atom stereocenters.